The summed E-state index contributed by atoms with van der Waals surface area (Å²) in [5.41, 5.74) is 9.37. The summed E-state index contributed by atoms with van der Waals surface area (Å²) in [6.07, 6.45) is 1.68. The Labute approximate surface area is 113 Å². The monoisotopic (exact) mass is 260 g/mol. The number of ether oxygens (including phenoxy) is 1. The molecular weight excluding hydrogens is 240 g/mol. The summed E-state index contributed by atoms with van der Waals surface area (Å²) in [5.74, 6) is 0.715. The summed E-state index contributed by atoms with van der Waals surface area (Å²) in [7, 11) is 7.52. The second-order valence-electron chi connectivity index (χ2n) is 4.69. The van der Waals surface area contributed by atoms with Gasteiger partial charge in [-0.25, -0.2) is 0 Å². The number of nitrogens with two attached hydrogens (primary N) is 1. The first-order valence-corrected chi connectivity index (χ1v) is 6.13. The van der Waals surface area contributed by atoms with Crippen molar-refractivity contribution < 1.29 is 4.74 Å². The van der Waals surface area contributed by atoms with E-state index in [1.807, 2.05) is 33.3 Å². The van der Waals surface area contributed by atoms with Crippen molar-refractivity contribution in [2.75, 3.05) is 26.1 Å². The topological polar surface area (TPSA) is 56.3 Å². The van der Waals surface area contributed by atoms with Crippen LogP contribution >= 0.6 is 0 Å². The lowest BCUT2D eigenvalue weighted by Gasteiger charge is -2.17. The van der Waals surface area contributed by atoms with Gasteiger partial charge in [0.25, 0.3) is 0 Å². The quantitative estimate of drug-likeness (QED) is 0.906. The molecular formula is C14H20N4O. The number of aryl methyl sites for hydroxylation is 1. The highest BCUT2D eigenvalue weighted by atomic mass is 16.5. The molecule has 2 aromatic rings. The van der Waals surface area contributed by atoms with Crippen LogP contribution in [0.3, 0.4) is 0 Å². The maximum Gasteiger partial charge on any atom is 0.161 e. The molecule has 0 bridgehead atoms. The van der Waals surface area contributed by atoms with Gasteiger partial charge in [-0.1, -0.05) is 12.1 Å². The molecule has 102 valence electrons. The van der Waals surface area contributed by atoms with Crippen molar-refractivity contribution >= 4 is 5.69 Å². The van der Waals surface area contributed by atoms with E-state index in [1.54, 1.807) is 18.0 Å². The average Bonchev–Trinajstić information content (AvgIpc) is 2.79. The van der Waals surface area contributed by atoms with E-state index < -0.39 is 0 Å². The van der Waals surface area contributed by atoms with Crippen LogP contribution in [0.1, 0.15) is 17.3 Å². The Morgan fingerprint density at radius 3 is 2.42 bits per heavy atom. The average molecular weight is 260 g/mol. The smallest absolute Gasteiger partial charge is 0.161 e. The standard InChI is InChI=1S/C14H20N4O/c1-17(2)11-7-5-10(6-8-11)13(15)14-12(19-4)9-16-18(14)3/h5-9,13H,15H2,1-4H3. The molecule has 0 saturated carbocycles. The fraction of sp³-hybridized carbons (Fsp3) is 0.357. The van der Waals surface area contributed by atoms with Crippen molar-refractivity contribution in [3.8, 4) is 5.75 Å². The normalized spacial score (nSPS) is 12.3. The van der Waals surface area contributed by atoms with Gasteiger partial charge in [0.15, 0.2) is 5.75 Å². The van der Waals surface area contributed by atoms with Crippen LogP contribution < -0.4 is 15.4 Å². The second-order valence-corrected chi connectivity index (χ2v) is 4.69. The summed E-state index contributed by atoms with van der Waals surface area (Å²) < 4.78 is 7.05. The Hall–Kier alpha value is -2.01. The zero-order valence-electron chi connectivity index (χ0n) is 11.8. The molecule has 0 fully saturated rings. The Bertz CT molecular complexity index is 545. The number of methoxy groups -OCH3 is 1. The van der Waals surface area contributed by atoms with Crippen LogP contribution in [0, 0.1) is 0 Å². The van der Waals surface area contributed by atoms with Gasteiger partial charge < -0.3 is 15.4 Å². The van der Waals surface area contributed by atoms with Gasteiger partial charge in [-0.3, -0.25) is 4.68 Å². The van der Waals surface area contributed by atoms with E-state index in [2.05, 4.69) is 22.1 Å². The summed E-state index contributed by atoms with van der Waals surface area (Å²) in [5, 5.41) is 4.18. The third-order valence-electron chi connectivity index (χ3n) is 3.23. The minimum absolute atomic E-state index is 0.251. The van der Waals surface area contributed by atoms with E-state index in [9.17, 15) is 0 Å². The van der Waals surface area contributed by atoms with Crippen molar-refractivity contribution in [1.29, 1.82) is 0 Å². The molecule has 1 atom stereocenters. The van der Waals surface area contributed by atoms with Crippen molar-refractivity contribution in [2.45, 2.75) is 6.04 Å². The number of rotatable bonds is 4. The van der Waals surface area contributed by atoms with Crippen LogP contribution in [0.15, 0.2) is 30.5 Å². The summed E-state index contributed by atoms with van der Waals surface area (Å²) in [6.45, 7) is 0. The third-order valence-corrected chi connectivity index (χ3v) is 3.23. The number of anilines is 1. The summed E-state index contributed by atoms with van der Waals surface area (Å²) in [4.78, 5) is 2.06. The molecule has 0 saturated heterocycles. The van der Waals surface area contributed by atoms with Gasteiger partial charge in [-0.05, 0) is 17.7 Å². The lowest BCUT2D eigenvalue weighted by molar-refractivity contribution is 0.406. The fourth-order valence-electron chi connectivity index (χ4n) is 2.08. The fourth-order valence-corrected chi connectivity index (χ4v) is 2.08. The largest absolute Gasteiger partial charge is 0.493 e. The first kappa shape index (κ1) is 13.4. The third kappa shape index (κ3) is 2.56. The van der Waals surface area contributed by atoms with Crippen LogP contribution in [0.2, 0.25) is 0 Å². The first-order chi connectivity index (χ1) is 9.04. The molecule has 19 heavy (non-hydrogen) atoms. The number of nitrogens with zero attached hydrogens (tertiary/aromatic N) is 3. The van der Waals surface area contributed by atoms with Crippen LogP contribution in [0.5, 0.6) is 5.75 Å². The van der Waals surface area contributed by atoms with Crippen LogP contribution in [0.25, 0.3) is 0 Å². The highest BCUT2D eigenvalue weighted by Gasteiger charge is 2.18. The minimum atomic E-state index is -0.251. The van der Waals surface area contributed by atoms with Crippen molar-refractivity contribution in [1.82, 2.24) is 9.78 Å². The van der Waals surface area contributed by atoms with Gasteiger partial charge in [0.1, 0.15) is 5.69 Å². The highest BCUT2D eigenvalue weighted by Crippen LogP contribution is 2.28. The molecule has 0 aliphatic rings. The van der Waals surface area contributed by atoms with Gasteiger partial charge in [-0.2, -0.15) is 5.10 Å². The van der Waals surface area contributed by atoms with E-state index in [4.69, 9.17) is 10.5 Å². The van der Waals surface area contributed by atoms with Crippen LogP contribution in [-0.2, 0) is 7.05 Å². The number of hydrogen-bond acceptors (Lipinski definition) is 4. The second kappa shape index (κ2) is 5.32. The van der Waals surface area contributed by atoms with Crippen molar-refractivity contribution in [3.63, 3.8) is 0 Å². The number of aromatic nitrogens is 2. The maximum absolute atomic E-state index is 6.31. The van der Waals surface area contributed by atoms with Gasteiger partial charge >= 0.3 is 0 Å². The van der Waals surface area contributed by atoms with Crippen LogP contribution in [0.4, 0.5) is 5.69 Å². The van der Waals surface area contributed by atoms with Crippen molar-refractivity contribution in [2.24, 2.45) is 12.8 Å². The van der Waals surface area contributed by atoms with Crippen molar-refractivity contribution in [3.05, 3.63) is 41.7 Å². The van der Waals surface area contributed by atoms with Gasteiger partial charge in [0.05, 0.1) is 19.3 Å². The molecule has 1 aromatic carbocycles. The zero-order valence-corrected chi connectivity index (χ0v) is 11.8. The van der Waals surface area contributed by atoms with E-state index in [1.165, 1.54) is 0 Å². The predicted octanol–water partition coefficient (Wildman–Crippen LogP) is 1.54. The molecule has 0 aliphatic carbocycles. The zero-order chi connectivity index (χ0) is 14.0. The van der Waals surface area contributed by atoms with E-state index in [0.29, 0.717) is 5.75 Å². The lowest BCUT2D eigenvalue weighted by atomic mass is 10.0. The molecule has 5 heteroatoms. The Morgan fingerprint density at radius 2 is 1.89 bits per heavy atom. The first-order valence-electron chi connectivity index (χ1n) is 6.13. The van der Waals surface area contributed by atoms with Gasteiger partial charge in [-0.15, -0.1) is 0 Å². The molecule has 0 amide bonds. The van der Waals surface area contributed by atoms with Gasteiger partial charge in [0, 0.05) is 26.8 Å². The highest BCUT2D eigenvalue weighted by molar-refractivity contribution is 5.48. The predicted molar refractivity (Wildman–Crippen MR) is 76.6 cm³/mol. The summed E-state index contributed by atoms with van der Waals surface area (Å²) in [6, 6.07) is 7.92. The minimum Gasteiger partial charge on any atom is -0.493 e. The molecule has 2 rings (SSSR count). The molecule has 1 heterocycles. The number of benzene rings is 1. The Kier molecular flexibility index (Phi) is 3.76. The van der Waals surface area contributed by atoms with Crippen LogP contribution in [-0.4, -0.2) is 31.0 Å². The molecule has 2 N–H and O–H groups in total. The van der Waals surface area contributed by atoms with E-state index >= 15 is 0 Å². The molecule has 0 spiro atoms. The molecule has 1 unspecified atom stereocenters. The molecule has 5 nitrogen and oxygen atoms in total. The van der Waals surface area contributed by atoms with E-state index in [-0.39, 0.29) is 6.04 Å². The van der Waals surface area contributed by atoms with Gasteiger partial charge in [0.2, 0.25) is 0 Å². The SMILES string of the molecule is COc1cnn(C)c1C(N)c1ccc(N(C)C)cc1. The summed E-state index contributed by atoms with van der Waals surface area (Å²) >= 11 is 0. The lowest BCUT2D eigenvalue weighted by Crippen LogP contribution is -2.17. The molecule has 0 radical (unpaired) electrons. The Morgan fingerprint density at radius 1 is 1.26 bits per heavy atom. The molecule has 1 aromatic heterocycles. The Balaban J connectivity index is 2.33. The van der Waals surface area contributed by atoms with E-state index in [0.717, 1.165) is 16.9 Å². The number of hydrogen-bond donors (Lipinski definition) is 1. The maximum atomic E-state index is 6.31. The molecule has 0 aliphatic heterocycles.